The second-order valence-electron chi connectivity index (χ2n) is 3.86. The van der Waals surface area contributed by atoms with Crippen LogP contribution in [0.2, 0.25) is 0 Å². The van der Waals surface area contributed by atoms with Crippen LogP contribution in [0.15, 0.2) is 24.3 Å². The summed E-state index contributed by atoms with van der Waals surface area (Å²) in [5.74, 6) is -1.60. The van der Waals surface area contributed by atoms with Gasteiger partial charge in [0.05, 0.1) is 24.5 Å². The summed E-state index contributed by atoms with van der Waals surface area (Å²) in [7, 11) is -3.66. The van der Waals surface area contributed by atoms with E-state index in [2.05, 4.69) is 4.72 Å². The first-order chi connectivity index (χ1) is 8.94. The Morgan fingerprint density at radius 2 is 2.05 bits per heavy atom. The Morgan fingerprint density at radius 1 is 1.37 bits per heavy atom. The topological polar surface area (TPSA) is 92.7 Å². The van der Waals surface area contributed by atoms with Gasteiger partial charge in [0.15, 0.2) is 0 Å². The number of rotatable bonds is 8. The first-order valence-electron chi connectivity index (χ1n) is 5.82. The maximum atomic E-state index is 11.7. The Kier molecular flexibility index (Phi) is 5.78. The molecule has 1 aromatic rings. The van der Waals surface area contributed by atoms with Crippen LogP contribution < -0.4 is 4.72 Å². The van der Waals surface area contributed by atoms with Crippen molar-refractivity contribution in [2.75, 3.05) is 17.1 Å². The molecule has 0 bridgehead atoms. The molecule has 0 fully saturated rings. The van der Waals surface area contributed by atoms with Gasteiger partial charge in [0, 0.05) is 12.2 Å². The number of anilines is 1. The molecule has 0 amide bonds. The third-order valence-electron chi connectivity index (χ3n) is 2.33. The molecule has 6 nitrogen and oxygen atoms in total. The minimum atomic E-state index is -3.66. The van der Waals surface area contributed by atoms with Gasteiger partial charge in [0.1, 0.15) is 0 Å². The number of carbonyl (C=O) groups is 1. The third kappa shape index (κ3) is 5.71. The number of sulfonamides is 1. The molecule has 0 saturated carbocycles. The molecule has 7 heteroatoms. The van der Waals surface area contributed by atoms with Crippen molar-refractivity contribution in [1.29, 1.82) is 0 Å². The number of nitrogens with one attached hydrogen (secondary N) is 1. The molecule has 0 aliphatic rings. The van der Waals surface area contributed by atoms with Gasteiger partial charge >= 0.3 is 5.97 Å². The number of carboxylic acid groups (broad SMARTS) is 1. The molecule has 0 aromatic heterocycles. The van der Waals surface area contributed by atoms with Gasteiger partial charge in [-0.3, -0.25) is 9.52 Å². The highest BCUT2D eigenvalue weighted by molar-refractivity contribution is 7.92. The lowest BCUT2D eigenvalue weighted by Crippen LogP contribution is -2.19. The summed E-state index contributed by atoms with van der Waals surface area (Å²) in [6.45, 7) is 2.67. The standard InChI is InChI=1S/C12H17NO5S/c1-2-18-9-10-5-3-4-6-11(10)13-19(16,17)8-7-12(14)15/h3-6,13H,2,7-9H2,1H3,(H,14,15). The predicted octanol–water partition coefficient (Wildman–Crippen LogP) is 1.44. The first kappa shape index (κ1) is 15.5. The van der Waals surface area contributed by atoms with Crippen LogP contribution in [0, 0.1) is 0 Å². The average molecular weight is 287 g/mol. The van der Waals surface area contributed by atoms with Gasteiger partial charge in [-0.05, 0) is 13.0 Å². The van der Waals surface area contributed by atoms with Crippen LogP contribution in [-0.4, -0.2) is 31.9 Å². The van der Waals surface area contributed by atoms with Crippen molar-refractivity contribution < 1.29 is 23.1 Å². The molecule has 0 atom stereocenters. The highest BCUT2D eigenvalue weighted by Crippen LogP contribution is 2.17. The number of benzene rings is 1. The van der Waals surface area contributed by atoms with E-state index in [-0.39, 0.29) is 0 Å². The summed E-state index contributed by atoms with van der Waals surface area (Å²) in [5, 5.41) is 8.50. The van der Waals surface area contributed by atoms with Gasteiger partial charge in [-0.2, -0.15) is 0 Å². The molecule has 0 saturated heterocycles. The molecule has 2 N–H and O–H groups in total. The van der Waals surface area contributed by atoms with Crippen molar-refractivity contribution in [3.63, 3.8) is 0 Å². The van der Waals surface area contributed by atoms with Crippen LogP contribution in [0.3, 0.4) is 0 Å². The molecule has 0 aliphatic heterocycles. The Hall–Kier alpha value is -1.60. The van der Waals surface area contributed by atoms with E-state index in [0.717, 1.165) is 0 Å². The molecule has 0 radical (unpaired) electrons. The Labute approximate surface area is 112 Å². The normalized spacial score (nSPS) is 11.2. The van der Waals surface area contributed by atoms with Crippen LogP contribution in [0.4, 0.5) is 5.69 Å². The van der Waals surface area contributed by atoms with Crippen molar-refractivity contribution in [3.8, 4) is 0 Å². The van der Waals surface area contributed by atoms with E-state index in [0.29, 0.717) is 24.5 Å². The highest BCUT2D eigenvalue weighted by atomic mass is 32.2. The Balaban J connectivity index is 2.77. The fourth-order valence-corrected chi connectivity index (χ4v) is 2.48. The van der Waals surface area contributed by atoms with Crippen molar-refractivity contribution in [2.45, 2.75) is 20.0 Å². The fourth-order valence-electron chi connectivity index (χ4n) is 1.40. The lowest BCUT2D eigenvalue weighted by molar-refractivity contribution is -0.136. The summed E-state index contributed by atoms with van der Waals surface area (Å²) < 4.78 is 31.1. The molecule has 0 aliphatic carbocycles. The molecule has 1 rings (SSSR count). The van der Waals surface area contributed by atoms with Crippen LogP contribution in [0.5, 0.6) is 0 Å². The molecule has 106 valence electrons. The minimum Gasteiger partial charge on any atom is -0.481 e. The van der Waals surface area contributed by atoms with E-state index in [9.17, 15) is 13.2 Å². The largest absolute Gasteiger partial charge is 0.481 e. The molecule has 1 aromatic carbocycles. The number of hydrogen-bond donors (Lipinski definition) is 2. The van der Waals surface area contributed by atoms with Gasteiger partial charge < -0.3 is 9.84 Å². The smallest absolute Gasteiger partial charge is 0.304 e. The van der Waals surface area contributed by atoms with E-state index < -0.39 is 28.2 Å². The van der Waals surface area contributed by atoms with Gasteiger partial charge in [0.2, 0.25) is 10.0 Å². The zero-order valence-electron chi connectivity index (χ0n) is 10.6. The summed E-state index contributed by atoms with van der Waals surface area (Å²) in [4.78, 5) is 10.4. The van der Waals surface area contributed by atoms with E-state index >= 15 is 0 Å². The maximum absolute atomic E-state index is 11.7. The maximum Gasteiger partial charge on any atom is 0.304 e. The second kappa shape index (κ2) is 7.10. The third-order valence-corrected chi connectivity index (χ3v) is 3.60. The number of carboxylic acids is 1. The molecule has 0 spiro atoms. The predicted molar refractivity (Wildman–Crippen MR) is 71.4 cm³/mol. The number of para-hydroxylation sites is 1. The lowest BCUT2D eigenvalue weighted by Gasteiger charge is -2.12. The first-order valence-corrected chi connectivity index (χ1v) is 7.48. The monoisotopic (exact) mass is 287 g/mol. The van der Waals surface area contributed by atoms with Crippen LogP contribution in [0.25, 0.3) is 0 Å². The molecule has 19 heavy (non-hydrogen) atoms. The van der Waals surface area contributed by atoms with Crippen molar-refractivity contribution in [3.05, 3.63) is 29.8 Å². The summed E-state index contributed by atoms with van der Waals surface area (Å²) in [5.41, 5.74) is 1.13. The number of hydrogen-bond acceptors (Lipinski definition) is 4. The van der Waals surface area contributed by atoms with Gasteiger partial charge in [-0.25, -0.2) is 8.42 Å². The van der Waals surface area contributed by atoms with Gasteiger partial charge in [-0.1, -0.05) is 18.2 Å². The zero-order valence-corrected chi connectivity index (χ0v) is 11.4. The van der Waals surface area contributed by atoms with Crippen molar-refractivity contribution in [2.24, 2.45) is 0 Å². The summed E-state index contributed by atoms with van der Waals surface area (Å²) in [6, 6.07) is 6.85. The molecular weight excluding hydrogens is 270 g/mol. The van der Waals surface area contributed by atoms with Crippen molar-refractivity contribution >= 4 is 21.7 Å². The molecule has 0 heterocycles. The Morgan fingerprint density at radius 3 is 2.68 bits per heavy atom. The molecule has 0 unspecified atom stereocenters. The van der Waals surface area contributed by atoms with E-state index in [4.69, 9.17) is 9.84 Å². The quantitative estimate of drug-likeness (QED) is 0.754. The van der Waals surface area contributed by atoms with Crippen LogP contribution >= 0.6 is 0 Å². The van der Waals surface area contributed by atoms with Crippen molar-refractivity contribution in [1.82, 2.24) is 0 Å². The van der Waals surface area contributed by atoms with Crippen LogP contribution in [0.1, 0.15) is 18.9 Å². The van der Waals surface area contributed by atoms with E-state index in [1.807, 2.05) is 6.92 Å². The minimum absolute atomic E-state index is 0.300. The fraction of sp³-hybridized carbons (Fsp3) is 0.417. The summed E-state index contributed by atoms with van der Waals surface area (Å²) >= 11 is 0. The molecular formula is C12H17NO5S. The average Bonchev–Trinajstić information content (AvgIpc) is 2.35. The zero-order chi connectivity index (χ0) is 14.3. The lowest BCUT2D eigenvalue weighted by atomic mass is 10.2. The summed E-state index contributed by atoms with van der Waals surface area (Å²) in [6.07, 6.45) is -0.428. The Bertz CT molecular complexity index is 527. The van der Waals surface area contributed by atoms with E-state index in [1.54, 1.807) is 24.3 Å². The second-order valence-corrected chi connectivity index (χ2v) is 5.70. The van der Waals surface area contributed by atoms with Gasteiger partial charge in [-0.15, -0.1) is 0 Å². The van der Waals surface area contributed by atoms with Gasteiger partial charge in [0.25, 0.3) is 0 Å². The SMILES string of the molecule is CCOCc1ccccc1NS(=O)(=O)CCC(=O)O. The number of ether oxygens (including phenoxy) is 1. The van der Waals surface area contributed by atoms with Crippen LogP contribution in [-0.2, 0) is 26.2 Å². The highest BCUT2D eigenvalue weighted by Gasteiger charge is 2.14. The number of aliphatic carboxylic acids is 1. The van der Waals surface area contributed by atoms with E-state index in [1.165, 1.54) is 0 Å².